The summed E-state index contributed by atoms with van der Waals surface area (Å²) in [6.45, 7) is 5.47. The largest absolute Gasteiger partial charge is 0.355 e. The fourth-order valence-corrected chi connectivity index (χ4v) is 5.97. The second kappa shape index (κ2) is 13.1. The Balaban J connectivity index is 2.11. The van der Waals surface area contributed by atoms with E-state index in [1.807, 2.05) is 38.1 Å². The van der Waals surface area contributed by atoms with E-state index < -0.39 is 28.5 Å². The summed E-state index contributed by atoms with van der Waals surface area (Å²) in [4.78, 5) is 28.4. The molecule has 0 aliphatic carbocycles. The van der Waals surface area contributed by atoms with Crippen molar-refractivity contribution in [2.45, 2.75) is 44.7 Å². The van der Waals surface area contributed by atoms with E-state index in [4.69, 9.17) is 23.2 Å². The van der Waals surface area contributed by atoms with Gasteiger partial charge in [0, 0.05) is 18.1 Å². The molecular weight excluding hydrogens is 545 g/mol. The summed E-state index contributed by atoms with van der Waals surface area (Å²) in [6, 6.07) is 18.9. The lowest BCUT2D eigenvalue weighted by molar-refractivity contribution is -0.140. The van der Waals surface area contributed by atoms with Crippen molar-refractivity contribution in [3.63, 3.8) is 0 Å². The third-order valence-corrected chi connectivity index (χ3v) is 8.45. The third kappa shape index (κ3) is 6.87. The Morgan fingerprint density at radius 2 is 1.61 bits per heavy atom. The number of rotatable bonds is 11. The van der Waals surface area contributed by atoms with Crippen molar-refractivity contribution in [1.82, 2.24) is 10.2 Å². The van der Waals surface area contributed by atoms with Crippen LogP contribution in [0.15, 0.2) is 77.7 Å². The maximum atomic E-state index is 14.0. The molecule has 0 spiro atoms. The lowest BCUT2D eigenvalue weighted by atomic mass is 10.1. The van der Waals surface area contributed by atoms with E-state index in [-0.39, 0.29) is 33.1 Å². The second-order valence-electron chi connectivity index (χ2n) is 8.69. The summed E-state index contributed by atoms with van der Waals surface area (Å²) >= 11 is 12.6. The molecule has 0 radical (unpaired) electrons. The van der Waals surface area contributed by atoms with Crippen LogP contribution in [0.25, 0.3) is 0 Å². The highest BCUT2D eigenvalue weighted by atomic mass is 35.5. The normalized spacial score (nSPS) is 12.0. The Morgan fingerprint density at radius 3 is 2.24 bits per heavy atom. The van der Waals surface area contributed by atoms with E-state index in [1.54, 1.807) is 25.1 Å². The number of nitrogens with one attached hydrogen (secondary N) is 1. The molecule has 0 saturated heterocycles. The van der Waals surface area contributed by atoms with Crippen LogP contribution in [0.5, 0.6) is 0 Å². The molecule has 2 amide bonds. The number of amides is 2. The Morgan fingerprint density at radius 1 is 0.947 bits per heavy atom. The lowest BCUT2D eigenvalue weighted by Gasteiger charge is -2.33. The molecule has 0 saturated carbocycles. The van der Waals surface area contributed by atoms with Gasteiger partial charge in [0.1, 0.15) is 12.6 Å². The highest BCUT2D eigenvalue weighted by Gasteiger charge is 2.34. The predicted molar refractivity (Wildman–Crippen MR) is 152 cm³/mol. The maximum absolute atomic E-state index is 14.0. The van der Waals surface area contributed by atoms with Crippen LogP contribution in [0, 0.1) is 6.92 Å². The predicted octanol–water partition coefficient (Wildman–Crippen LogP) is 5.44. The van der Waals surface area contributed by atoms with Crippen LogP contribution in [0.1, 0.15) is 31.4 Å². The van der Waals surface area contributed by atoms with Gasteiger partial charge < -0.3 is 10.2 Å². The molecule has 3 aromatic rings. The Kier molecular flexibility index (Phi) is 10.2. The fourth-order valence-electron chi connectivity index (χ4n) is 4.09. The van der Waals surface area contributed by atoms with Crippen LogP contribution in [-0.4, -0.2) is 44.3 Å². The summed E-state index contributed by atoms with van der Waals surface area (Å²) < 4.78 is 28.6. The van der Waals surface area contributed by atoms with Gasteiger partial charge in [-0.3, -0.25) is 13.9 Å². The minimum absolute atomic E-state index is 0.00920. The summed E-state index contributed by atoms with van der Waals surface area (Å²) in [5.41, 5.74) is 1.86. The molecule has 0 aliphatic heterocycles. The van der Waals surface area contributed by atoms with E-state index in [9.17, 15) is 18.0 Å². The minimum atomic E-state index is -4.22. The molecule has 1 N–H and O–H groups in total. The van der Waals surface area contributed by atoms with Crippen molar-refractivity contribution >= 4 is 50.7 Å². The molecule has 3 rings (SSSR count). The van der Waals surface area contributed by atoms with Crippen molar-refractivity contribution in [3.05, 3.63) is 94.0 Å². The van der Waals surface area contributed by atoms with Gasteiger partial charge in [0.05, 0.1) is 15.6 Å². The molecule has 38 heavy (non-hydrogen) atoms. The quantitative estimate of drug-likeness (QED) is 0.330. The number of halogens is 2. The molecule has 10 heteroatoms. The Bertz CT molecular complexity index is 1380. The van der Waals surface area contributed by atoms with E-state index in [1.165, 1.54) is 35.2 Å². The number of hydrogen-bond acceptors (Lipinski definition) is 4. The van der Waals surface area contributed by atoms with E-state index >= 15 is 0 Å². The molecule has 0 aliphatic rings. The molecule has 3 aromatic carbocycles. The van der Waals surface area contributed by atoms with E-state index in [2.05, 4.69) is 5.32 Å². The molecular formula is C28H31Cl2N3O4S. The monoisotopic (exact) mass is 575 g/mol. The highest BCUT2D eigenvalue weighted by Crippen LogP contribution is 2.33. The number of likely N-dealkylation sites (N-methyl/N-ethyl adjacent to an activating group) is 1. The zero-order valence-electron chi connectivity index (χ0n) is 21.5. The molecule has 0 aromatic heterocycles. The van der Waals surface area contributed by atoms with Crippen molar-refractivity contribution in [3.8, 4) is 0 Å². The fraction of sp³-hybridized carbons (Fsp3) is 0.286. The molecule has 0 fully saturated rings. The number of sulfonamides is 1. The SMILES string of the molecule is CCNC(=O)C(CC)N(Cc1ccccc1C)C(=O)CN(c1cc(Cl)ccc1Cl)S(=O)(=O)c1ccccc1. The van der Waals surface area contributed by atoms with E-state index in [0.717, 1.165) is 15.4 Å². The Hall–Kier alpha value is -3.07. The number of anilines is 1. The number of hydrogen-bond donors (Lipinski definition) is 1. The first-order valence-electron chi connectivity index (χ1n) is 12.2. The number of carbonyl (C=O) groups excluding carboxylic acids is 2. The van der Waals surface area contributed by atoms with Gasteiger partial charge >= 0.3 is 0 Å². The standard InChI is InChI=1S/C28H31Cl2N3O4S/c1-4-25(28(35)31-5-2)32(18-21-12-10-9-11-20(21)3)27(34)19-33(26-17-22(29)15-16-24(26)30)38(36,37)23-13-7-6-8-14-23/h6-17,25H,4-5,18-19H2,1-3H3,(H,31,35). The number of nitrogens with zero attached hydrogens (tertiary/aromatic N) is 2. The van der Waals surface area contributed by atoms with Crippen molar-refractivity contribution in [2.75, 3.05) is 17.4 Å². The van der Waals surface area contributed by atoms with Crippen LogP contribution in [-0.2, 0) is 26.2 Å². The van der Waals surface area contributed by atoms with Gasteiger partial charge in [-0.15, -0.1) is 0 Å². The number of benzene rings is 3. The molecule has 0 heterocycles. The van der Waals surface area contributed by atoms with Gasteiger partial charge in [-0.25, -0.2) is 8.42 Å². The minimum Gasteiger partial charge on any atom is -0.355 e. The van der Waals surface area contributed by atoms with Crippen molar-refractivity contribution in [1.29, 1.82) is 0 Å². The van der Waals surface area contributed by atoms with Gasteiger partial charge in [-0.2, -0.15) is 0 Å². The van der Waals surface area contributed by atoms with Crippen LogP contribution in [0.4, 0.5) is 5.69 Å². The van der Waals surface area contributed by atoms with E-state index in [0.29, 0.717) is 13.0 Å². The molecule has 0 bridgehead atoms. The van der Waals surface area contributed by atoms with Gasteiger partial charge in [0.15, 0.2) is 0 Å². The molecule has 7 nitrogen and oxygen atoms in total. The van der Waals surface area contributed by atoms with Gasteiger partial charge in [-0.05, 0) is 61.7 Å². The van der Waals surface area contributed by atoms with Crippen LogP contribution in [0.2, 0.25) is 10.0 Å². The smallest absolute Gasteiger partial charge is 0.264 e. The Labute approximate surface area is 234 Å². The number of carbonyl (C=O) groups is 2. The molecule has 1 unspecified atom stereocenters. The van der Waals surface area contributed by atoms with Gasteiger partial charge in [-0.1, -0.05) is 72.6 Å². The topological polar surface area (TPSA) is 86.8 Å². The van der Waals surface area contributed by atoms with Gasteiger partial charge in [0.25, 0.3) is 10.0 Å². The second-order valence-corrected chi connectivity index (χ2v) is 11.4. The molecule has 1 atom stereocenters. The zero-order chi connectivity index (χ0) is 27.9. The summed E-state index contributed by atoms with van der Waals surface area (Å²) in [6.07, 6.45) is 0.340. The maximum Gasteiger partial charge on any atom is 0.264 e. The van der Waals surface area contributed by atoms with Crippen molar-refractivity contribution in [2.24, 2.45) is 0 Å². The summed E-state index contributed by atoms with van der Waals surface area (Å²) in [7, 11) is -4.22. The third-order valence-electron chi connectivity index (χ3n) is 6.13. The average Bonchev–Trinajstić information content (AvgIpc) is 2.90. The first-order valence-corrected chi connectivity index (χ1v) is 14.4. The first kappa shape index (κ1) is 29.5. The van der Waals surface area contributed by atoms with Crippen LogP contribution < -0.4 is 9.62 Å². The molecule has 202 valence electrons. The summed E-state index contributed by atoms with van der Waals surface area (Å²) in [5.74, 6) is -0.864. The zero-order valence-corrected chi connectivity index (χ0v) is 23.9. The number of aryl methyl sites for hydroxylation is 1. The van der Waals surface area contributed by atoms with Gasteiger partial charge in [0.2, 0.25) is 11.8 Å². The average molecular weight is 577 g/mol. The lowest BCUT2D eigenvalue weighted by Crippen LogP contribution is -2.52. The summed E-state index contributed by atoms with van der Waals surface area (Å²) in [5, 5.41) is 3.16. The van der Waals surface area contributed by atoms with Crippen LogP contribution in [0.3, 0.4) is 0 Å². The van der Waals surface area contributed by atoms with Crippen molar-refractivity contribution < 1.29 is 18.0 Å². The highest BCUT2D eigenvalue weighted by molar-refractivity contribution is 7.92. The first-order chi connectivity index (χ1) is 18.1. The van der Waals surface area contributed by atoms with Crippen LogP contribution >= 0.6 is 23.2 Å².